The molecule has 246 valence electrons. The third-order valence-corrected chi connectivity index (χ3v) is 13.8. The summed E-state index contributed by atoms with van der Waals surface area (Å²) < 4.78 is 56.2. The molecule has 9 nitrogen and oxygen atoms in total. The molecule has 47 heavy (non-hydrogen) atoms. The number of primary amides is 1. The number of nitrogens with two attached hydrogens (primary N) is 1. The zero-order valence-electron chi connectivity index (χ0n) is 26.0. The van der Waals surface area contributed by atoms with E-state index < -0.39 is 31.8 Å². The zero-order chi connectivity index (χ0) is 33.6. The first-order valence-electron chi connectivity index (χ1n) is 15.4. The van der Waals surface area contributed by atoms with E-state index in [1.807, 2.05) is 54.6 Å². The van der Waals surface area contributed by atoms with Crippen molar-refractivity contribution >= 4 is 53.8 Å². The van der Waals surface area contributed by atoms with Gasteiger partial charge in [0.1, 0.15) is 20.2 Å². The quantitative estimate of drug-likeness (QED) is 0.115. The van der Waals surface area contributed by atoms with Gasteiger partial charge in [-0.2, -0.15) is 4.31 Å². The number of sulfone groups is 1. The van der Waals surface area contributed by atoms with E-state index in [4.69, 9.17) is 5.73 Å². The van der Waals surface area contributed by atoms with Crippen LogP contribution in [0.1, 0.15) is 44.6 Å². The molecule has 0 aliphatic carbocycles. The lowest BCUT2D eigenvalue weighted by molar-refractivity contribution is -0.122. The summed E-state index contributed by atoms with van der Waals surface area (Å²) in [5.74, 6) is -0.733. The number of benzene rings is 3. The van der Waals surface area contributed by atoms with Crippen molar-refractivity contribution in [3.63, 3.8) is 0 Å². The summed E-state index contributed by atoms with van der Waals surface area (Å²) in [6, 6.07) is 26.6. The first kappa shape index (κ1) is 34.2. The predicted molar refractivity (Wildman–Crippen MR) is 184 cm³/mol. The second-order valence-electron chi connectivity index (χ2n) is 11.4. The molecule has 0 spiro atoms. The summed E-state index contributed by atoms with van der Waals surface area (Å²) >= 11 is 0.647. The number of H-pyrrole nitrogens is 1. The molecule has 3 aromatic carbocycles. The number of hydrogen-bond donors (Lipinski definition) is 2. The van der Waals surface area contributed by atoms with E-state index in [1.165, 1.54) is 31.2 Å². The van der Waals surface area contributed by atoms with Crippen LogP contribution in [0.3, 0.4) is 0 Å². The number of sulfonamides is 1. The van der Waals surface area contributed by atoms with Gasteiger partial charge in [-0.1, -0.05) is 79.6 Å². The number of fused-ring (bicyclic) bond motifs is 1. The topological polar surface area (TPSA) is 147 Å². The highest BCUT2D eigenvalue weighted by atomic mass is 32.3. The van der Waals surface area contributed by atoms with Gasteiger partial charge in [0.15, 0.2) is 0 Å². The number of unbranched alkanes of at least 4 members (excludes halogenated alkanes) is 2. The van der Waals surface area contributed by atoms with Gasteiger partial charge in [0.05, 0.1) is 4.90 Å². The average Bonchev–Trinajstić information content (AvgIpc) is 3.71. The van der Waals surface area contributed by atoms with Crippen LogP contribution in [0, 0.1) is 0 Å². The molecule has 2 heterocycles. The third kappa shape index (κ3) is 7.73. The van der Waals surface area contributed by atoms with Crippen LogP contribution in [0.2, 0.25) is 0 Å². The van der Waals surface area contributed by atoms with Crippen molar-refractivity contribution in [3.05, 3.63) is 103 Å². The minimum absolute atomic E-state index is 0.0519. The molecule has 3 N–H and O–H groups in total. The number of carbonyl (C=O) groups excluding carboxylic acids is 2. The van der Waals surface area contributed by atoms with E-state index in [9.17, 15) is 26.4 Å². The average molecular weight is 692 g/mol. The fourth-order valence-corrected chi connectivity index (χ4v) is 10.7. The standard InChI is InChI=1S/C35H37N3O6S3/c1-25(39)13-5-2-10-20-31(35(36)40)38(47(43,44)33-22-21-32(45-33)46(41,42)27-16-8-4-9-17-27)24-23-29-28-18-11-12-19-30(28)37-34(29)26-14-6-3-7-15-26/h3-4,6-9,11-12,14-19,21-22,31,37H,2,5,10,13,20,23-24H2,1H3,(H2,36,40)/t31-/m0/s1. The molecule has 1 atom stereocenters. The van der Waals surface area contributed by atoms with Crippen molar-refractivity contribution in [1.29, 1.82) is 0 Å². The molecule has 0 aliphatic heterocycles. The number of nitrogens with zero attached hydrogens (tertiary/aromatic N) is 1. The second-order valence-corrected chi connectivity index (χ2v) is 16.7. The summed E-state index contributed by atoms with van der Waals surface area (Å²) in [6.07, 6.45) is 2.53. The molecule has 0 saturated heterocycles. The minimum atomic E-state index is -4.38. The van der Waals surface area contributed by atoms with Crippen molar-refractivity contribution in [2.24, 2.45) is 5.73 Å². The van der Waals surface area contributed by atoms with Crippen LogP contribution in [0.4, 0.5) is 0 Å². The van der Waals surface area contributed by atoms with Crippen molar-refractivity contribution in [2.45, 2.75) is 64.8 Å². The smallest absolute Gasteiger partial charge is 0.253 e. The Balaban J connectivity index is 1.52. The highest BCUT2D eigenvalue weighted by Crippen LogP contribution is 2.35. The van der Waals surface area contributed by atoms with Crippen molar-refractivity contribution in [2.75, 3.05) is 6.54 Å². The van der Waals surface area contributed by atoms with Crippen LogP contribution in [0.5, 0.6) is 0 Å². The van der Waals surface area contributed by atoms with Gasteiger partial charge in [0.25, 0.3) is 10.0 Å². The van der Waals surface area contributed by atoms with E-state index in [-0.39, 0.29) is 38.5 Å². The molecule has 12 heteroatoms. The Morgan fingerprint density at radius 1 is 0.809 bits per heavy atom. The molecule has 2 aromatic heterocycles. The number of carbonyl (C=O) groups is 2. The number of ketones is 1. The number of amides is 1. The number of aromatic nitrogens is 1. The molecule has 0 saturated carbocycles. The Kier molecular flexibility index (Phi) is 10.8. The monoisotopic (exact) mass is 691 g/mol. The summed E-state index contributed by atoms with van der Waals surface area (Å²) in [5, 5.41) is 0.927. The Labute approximate surface area is 279 Å². The van der Waals surface area contributed by atoms with Gasteiger partial charge < -0.3 is 15.5 Å². The molecule has 0 radical (unpaired) electrons. The van der Waals surface area contributed by atoms with Gasteiger partial charge >= 0.3 is 0 Å². The maximum atomic E-state index is 14.4. The van der Waals surface area contributed by atoms with E-state index in [2.05, 4.69) is 4.98 Å². The number of thiophene rings is 1. The molecule has 5 rings (SSSR count). The van der Waals surface area contributed by atoms with E-state index >= 15 is 0 Å². The number of aromatic amines is 1. The summed E-state index contributed by atoms with van der Waals surface area (Å²) in [7, 11) is -8.35. The molecular weight excluding hydrogens is 655 g/mol. The number of Topliss-reactive ketones (excluding diaryl/α,β-unsaturated/α-hetero) is 1. The minimum Gasteiger partial charge on any atom is -0.368 e. The van der Waals surface area contributed by atoms with Crippen LogP contribution in [0.25, 0.3) is 22.2 Å². The molecule has 0 bridgehead atoms. The van der Waals surface area contributed by atoms with Gasteiger partial charge in [0.2, 0.25) is 15.7 Å². The SMILES string of the molecule is CC(=O)CCCCC[C@@H](C(N)=O)N(CCc1c(-c2ccccc2)[nH]c2ccccc12)S(=O)(=O)c1ccc(S(=O)(=O)c2ccccc2)s1. The number of hydrogen-bond acceptors (Lipinski definition) is 7. The lowest BCUT2D eigenvalue weighted by Crippen LogP contribution is -2.48. The van der Waals surface area contributed by atoms with Gasteiger partial charge in [-0.05, 0) is 67.6 Å². The van der Waals surface area contributed by atoms with Crippen LogP contribution in [0.15, 0.2) is 110 Å². The first-order chi connectivity index (χ1) is 22.5. The molecule has 0 fully saturated rings. The molecule has 1 amide bonds. The normalized spacial score (nSPS) is 12.8. The fourth-order valence-electron chi connectivity index (χ4n) is 5.71. The Hall–Kier alpha value is -4.10. The van der Waals surface area contributed by atoms with Gasteiger partial charge in [0, 0.05) is 29.6 Å². The van der Waals surface area contributed by atoms with E-state index in [0.29, 0.717) is 37.0 Å². The summed E-state index contributed by atoms with van der Waals surface area (Å²) in [5.41, 5.74) is 9.44. The van der Waals surface area contributed by atoms with Crippen LogP contribution in [-0.2, 0) is 35.9 Å². The highest BCUT2D eigenvalue weighted by Gasteiger charge is 2.36. The van der Waals surface area contributed by atoms with Crippen LogP contribution in [-0.4, -0.2) is 50.4 Å². The number of nitrogens with one attached hydrogen (secondary N) is 1. The predicted octanol–water partition coefficient (Wildman–Crippen LogP) is 6.36. The summed E-state index contributed by atoms with van der Waals surface area (Å²) in [4.78, 5) is 27.9. The molecule has 0 unspecified atom stereocenters. The third-order valence-electron chi connectivity index (χ3n) is 8.08. The second kappa shape index (κ2) is 14.8. The Morgan fingerprint density at radius 2 is 1.45 bits per heavy atom. The summed E-state index contributed by atoms with van der Waals surface area (Å²) in [6.45, 7) is 1.44. The molecule has 5 aromatic rings. The van der Waals surface area contributed by atoms with Crippen molar-refractivity contribution in [1.82, 2.24) is 9.29 Å². The van der Waals surface area contributed by atoms with Crippen LogP contribution < -0.4 is 5.73 Å². The Bertz CT molecular complexity index is 2070. The zero-order valence-corrected chi connectivity index (χ0v) is 28.4. The van der Waals surface area contributed by atoms with Gasteiger partial charge in [-0.15, -0.1) is 11.3 Å². The maximum Gasteiger partial charge on any atom is 0.253 e. The van der Waals surface area contributed by atoms with Gasteiger partial charge in [-0.3, -0.25) is 4.79 Å². The molecule has 0 aliphatic rings. The molecular formula is C35H37N3O6S3. The maximum absolute atomic E-state index is 14.4. The van der Waals surface area contributed by atoms with Crippen LogP contribution >= 0.6 is 11.3 Å². The largest absolute Gasteiger partial charge is 0.368 e. The first-order valence-corrected chi connectivity index (χ1v) is 19.1. The number of rotatable bonds is 16. The Morgan fingerprint density at radius 3 is 2.13 bits per heavy atom. The van der Waals surface area contributed by atoms with E-state index in [1.54, 1.807) is 18.2 Å². The fraction of sp³-hybridized carbons (Fsp3) is 0.257. The number of para-hydroxylation sites is 1. The lowest BCUT2D eigenvalue weighted by Gasteiger charge is -2.28. The highest BCUT2D eigenvalue weighted by molar-refractivity contribution is 7.95. The van der Waals surface area contributed by atoms with Crippen molar-refractivity contribution in [3.8, 4) is 11.3 Å². The van der Waals surface area contributed by atoms with Gasteiger partial charge in [-0.25, -0.2) is 16.8 Å². The van der Waals surface area contributed by atoms with Crippen molar-refractivity contribution < 1.29 is 26.4 Å². The lowest BCUT2D eigenvalue weighted by atomic mass is 10.0. The van der Waals surface area contributed by atoms with E-state index in [0.717, 1.165) is 32.0 Å².